The van der Waals surface area contributed by atoms with Crippen molar-refractivity contribution in [1.82, 2.24) is 4.98 Å². The lowest BCUT2D eigenvalue weighted by atomic mass is 9.82. The van der Waals surface area contributed by atoms with Gasteiger partial charge in [-0.15, -0.1) is 0 Å². The number of carboxylic acids is 1. The smallest absolute Gasteiger partial charge is 0.335 e. The van der Waals surface area contributed by atoms with E-state index < -0.39 is 18.0 Å². The van der Waals surface area contributed by atoms with Gasteiger partial charge in [0.15, 0.2) is 0 Å². The molecule has 3 aromatic carbocycles. The van der Waals surface area contributed by atoms with Crippen molar-refractivity contribution in [3.05, 3.63) is 129 Å². The number of benzene rings is 3. The summed E-state index contributed by atoms with van der Waals surface area (Å²) in [4.78, 5) is 26.5. The molecule has 7 heteroatoms. The third-order valence-corrected chi connectivity index (χ3v) is 6.45. The van der Waals surface area contributed by atoms with E-state index in [1.807, 2.05) is 55.5 Å². The highest BCUT2D eigenvalue weighted by atomic mass is 35.5. The molecule has 1 aromatic heterocycles. The molecular weight excluding hydrogens is 467 g/mol. The van der Waals surface area contributed by atoms with Crippen molar-refractivity contribution in [2.24, 2.45) is 5.18 Å². The highest BCUT2D eigenvalue weighted by Gasteiger charge is 2.25. The lowest BCUT2D eigenvalue weighted by Crippen LogP contribution is -2.09. The van der Waals surface area contributed by atoms with Gasteiger partial charge in [0.2, 0.25) is 5.95 Å². The number of pyridine rings is 1. The maximum absolute atomic E-state index is 13.8. The number of carboxylic acid groups (broad SMARTS) is 1. The van der Waals surface area contributed by atoms with Crippen molar-refractivity contribution in [1.29, 1.82) is 0 Å². The van der Waals surface area contributed by atoms with Gasteiger partial charge in [0.25, 0.3) is 0 Å². The van der Waals surface area contributed by atoms with E-state index in [0.717, 1.165) is 33.9 Å². The molecular formula is C28H22ClFN2O3. The molecule has 4 aromatic rings. The molecule has 0 amide bonds. The Morgan fingerprint density at radius 3 is 2.23 bits per heavy atom. The maximum atomic E-state index is 13.8. The summed E-state index contributed by atoms with van der Waals surface area (Å²) in [5.41, 5.74) is 5.41. The van der Waals surface area contributed by atoms with Gasteiger partial charge in [0.1, 0.15) is 6.04 Å². The molecule has 1 N–H and O–H groups in total. The van der Waals surface area contributed by atoms with Gasteiger partial charge in [0.05, 0.1) is 10.6 Å². The Bertz CT molecular complexity index is 1360. The van der Waals surface area contributed by atoms with Crippen LogP contribution in [0.5, 0.6) is 0 Å². The number of hydrogen-bond acceptors (Lipinski definition) is 4. The Hall–Kier alpha value is -3.90. The zero-order valence-electron chi connectivity index (χ0n) is 18.9. The van der Waals surface area contributed by atoms with Crippen LogP contribution in [0.3, 0.4) is 0 Å². The van der Waals surface area contributed by atoms with Crippen LogP contribution in [0, 0.1) is 17.8 Å². The molecule has 0 aliphatic rings. The molecule has 0 bridgehead atoms. The second-order valence-electron chi connectivity index (χ2n) is 8.30. The van der Waals surface area contributed by atoms with E-state index in [9.17, 15) is 14.1 Å². The molecule has 0 aliphatic heterocycles. The number of rotatable bonds is 8. The summed E-state index contributed by atoms with van der Waals surface area (Å²) in [6, 6.07) is 22.7. The van der Waals surface area contributed by atoms with Crippen LogP contribution in [0.2, 0.25) is 5.02 Å². The highest BCUT2D eigenvalue weighted by Crippen LogP contribution is 2.39. The monoisotopic (exact) mass is 488 g/mol. The standard InChI is InChI=1S/C28H22ClFN2O3/c1-17-4-2-3-5-22(17)23(14-26(32-35)24-15-27(30)31-16-25(24)29)20-10-6-18(7-11-20)19-8-12-21(13-9-19)28(33)34/h2-13,15-16,23,26H,14H2,1H3,(H,33,34)/t23-,26?/m1/s1. The average Bonchev–Trinajstić information content (AvgIpc) is 2.87. The molecule has 0 spiro atoms. The molecule has 35 heavy (non-hydrogen) atoms. The Labute approximate surface area is 207 Å². The Morgan fingerprint density at radius 2 is 1.63 bits per heavy atom. The fraction of sp³-hybridized carbons (Fsp3) is 0.143. The van der Waals surface area contributed by atoms with Crippen LogP contribution in [-0.2, 0) is 0 Å². The fourth-order valence-corrected chi connectivity index (χ4v) is 4.50. The van der Waals surface area contributed by atoms with E-state index in [-0.39, 0.29) is 16.5 Å². The Morgan fingerprint density at radius 1 is 1.00 bits per heavy atom. The number of nitroso groups, excluding NO2 is 1. The molecule has 0 fully saturated rings. The maximum Gasteiger partial charge on any atom is 0.335 e. The summed E-state index contributed by atoms with van der Waals surface area (Å²) in [5, 5.41) is 12.6. The number of aromatic nitrogens is 1. The number of hydrogen-bond donors (Lipinski definition) is 1. The first-order chi connectivity index (χ1) is 16.9. The van der Waals surface area contributed by atoms with Crippen molar-refractivity contribution in [2.45, 2.75) is 25.3 Å². The quantitative estimate of drug-likeness (QED) is 0.205. The predicted octanol–water partition coefficient (Wildman–Crippen LogP) is 7.58. The first-order valence-corrected chi connectivity index (χ1v) is 11.4. The van der Waals surface area contributed by atoms with Gasteiger partial charge in [-0.3, -0.25) is 0 Å². The minimum Gasteiger partial charge on any atom is -0.478 e. The van der Waals surface area contributed by atoms with Crippen LogP contribution in [-0.4, -0.2) is 16.1 Å². The van der Waals surface area contributed by atoms with E-state index in [4.69, 9.17) is 16.7 Å². The number of aryl methyl sites for hydroxylation is 1. The zero-order valence-corrected chi connectivity index (χ0v) is 19.6. The van der Waals surface area contributed by atoms with Crippen LogP contribution < -0.4 is 0 Å². The van der Waals surface area contributed by atoms with E-state index in [1.165, 1.54) is 6.20 Å². The summed E-state index contributed by atoms with van der Waals surface area (Å²) in [7, 11) is 0. The third kappa shape index (κ3) is 5.44. The molecule has 4 rings (SSSR count). The van der Waals surface area contributed by atoms with E-state index >= 15 is 0 Å². The normalized spacial score (nSPS) is 12.7. The molecule has 5 nitrogen and oxygen atoms in total. The first kappa shape index (κ1) is 24.2. The molecule has 176 valence electrons. The van der Waals surface area contributed by atoms with Crippen molar-refractivity contribution in [2.75, 3.05) is 0 Å². The molecule has 1 unspecified atom stereocenters. The average molecular weight is 489 g/mol. The number of nitrogens with zero attached hydrogens (tertiary/aromatic N) is 2. The van der Waals surface area contributed by atoms with E-state index in [2.05, 4.69) is 10.2 Å². The topological polar surface area (TPSA) is 79.6 Å². The van der Waals surface area contributed by atoms with Crippen molar-refractivity contribution >= 4 is 17.6 Å². The Balaban J connectivity index is 1.70. The van der Waals surface area contributed by atoms with Gasteiger partial charge in [-0.05, 0) is 53.3 Å². The largest absolute Gasteiger partial charge is 0.478 e. The van der Waals surface area contributed by atoms with Crippen molar-refractivity contribution < 1.29 is 14.3 Å². The number of halogens is 2. The summed E-state index contributed by atoms with van der Waals surface area (Å²) >= 11 is 6.23. The van der Waals surface area contributed by atoms with Gasteiger partial charge < -0.3 is 5.11 Å². The lowest BCUT2D eigenvalue weighted by Gasteiger charge is -2.23. The minimum atomic E-state index is -0.972. The van der Waals surface area contributed by atoms with Crippen LogP contribution in [0.1, 0.15) is 51.0 Å². The SMILES string of the molecule is Cc1ccccc1[C@H](CC(N=O)c1cc(F)ncc1Cl)c1ccc(-c2ccc(C(=O)O)cc2)cc1. The van der Waals surface area contributed by atoms with Gasteiger partial charge in [0, 0.05) is 23.7 Å². The van der Waals surface area contributed by atoms with Crippen LogP contribution in [0.15, 0.2) is 90.2 Å². The molecule has 0 radical (unpaired) electrons. The minimum absolute atomic E-state index is 0.194. The van der Waals surface area contributed by atoms with E-state index in [0.29, 0.717) is 12.0 Å². The summed E-state index contributed by atoms with van der Waals surface area (Å²) in [6.45, 7) is 2.00. The first-order valence-electron chi connectivity index (χ1n) is 11.0. The summed E-state index contributed by atoms with van der Waals surface area (Å²) < 4.78 is 13.8. The number of carbonyl (C=O) groups is 1. The van der Waals surface area contributed by atoms with Crippen LogP contribution in [0.4, 0.5) is 4.39 Å². The second-order valence-corrected chi connectivity index (χ2v) is 8.71. The van der Waals surface area contributed by atoms with Gasteiger partial charge >= 0.3 is 5.97 Å². The van der Waals surface area contributed by atoms with Crippen molar-refractivity contribution in [3.8, 4) is 11.1 Å². The molecule has 0 saturated carbocycles. The summed E-state index contributed by atoms with van der Waals surface area (Å²) in [5.74, 6) is -1.89. The number of aromatic carboxylic acids is 1. The third-order valence-electron chi connectivity index (χ3n) is 6.14. The van der Waals surface area contributed by atoms with Gasteiger partial charge in [-0.25, -0.2) is 9.78 Å². The molecule has 0 aliphatic carbocycles. The molecule has 2 atom stereocenters. The van der Waals surface area contributed by atoms with Crippen molar-refractivity contribution in [3.63, 3.8) is 0 Å². The van der Waals surface area contributed by atoms with Crippen LogP contribution >= 0.6 is 11.6 Å². The second kappa shape index (κ2) is 10.6. The Kier molecular flexibility index (Phi) is 7.32. The van der Waals surface area contributed by atoms with Gasteiger partial charge in [-0.1, -0.05) is 77.4 Å². The zero-order chi connectivity index (χ0) is 24.9. The van der Waals surface area contributed by atoms with Gasteiger partial charge in [-0.2, -0.15) is 9.30 Å². The fourth-order valence-electron chi connectivity index (χ4n) is 4.27. The van der Waals surface area contributed by atoms with Crippen LogP contribution in [0.25, 0.3) is 11.1 Å². The lowest BCUT2D eigenvalue weighted by molar-refractivity contribution is 0.0697. The predicted molar refractivity (Wildman–Crippen MR) is 134 cm³/mol. The highest BCUT2D eigenvalue weighted by molar-refractivity contribution is 6.31. The van der Waals surface area contributed by atoms with E-state index in [1.54, 1.807) is 24.3 Å². The summed E-state index contributed by atoms with van der Waals surface area (Å²) in [6.07, 6.45) is 1.49. The molecule has 1 heterocycles. The molecule has 0 saturated heterocycles.